The Bertz CT molecular complexity index is 1920. The zero-order valence-corrected chi connectivity index (χ0v) is 23.4. The lowest BCUT2D eigenvalue weighted by atomic mass is 9.99. The van der Waals surface area contributed by atoms with E-state index in [2.05, 4.69) is 30.2 Å². The van der Waals surface area contributed by atoms with Crippen LogP contribution < -0.4 is 21.3 Å². The van der Waals surface area contributed by atoms with Gasteiger partial charge < -0.3 is 15.8 Å². The molecule has 0 aliphatic heterocycles. The molecule has 0 fully saturated rings. The number of nitrogen functional groups attached to an aromatic ring is 1. The summed E-state index contributed by atoms with van der Waals surface area (Å²) in [4.78, 5) is 36.2. The van der Waals surface area contributed by atoms with Gasteiger partial charge in [-0.15, -0.1) is 11.3 Å². The number of para-hydroxylation sites is 1. The molecule has 4 heterocycles. The second kappa shape index (κ2) is 10.8. The van der Waals surface area contributed by atoms with Crippen LogP contribution in [0.2, 0.25) is 0 Å². The lowest BCUT2D eigenvalue weighted by Gasteiger charge is -2.23. The van der Waals surface area contributed by atoms with E-state index in [9.17, 15) is 4.79 Å². The second-order valence-corrected chi connectivity index (χ2v) is 10.4. The number of nitrogens with zero attached hydrogens (tertiary/aromatic N) is 6. The number of anilines is 2. The number of thiazole rings is 1. The maximum Gasteiger partial charge on any atom is 0.316 e. The highest BCUT2D eigenvalue weighted by Crippen LogP contribution is 2.32. The molecule has 4 aromatic heterocycles. The SMILES string of the molecule is COc1ncc(-c2cccc3cc([C@H](C)Nc4nc(N)ncc4-c4csc(C)n4)n(-c4ccccc4)c(=O)c23)cn1. The Morgan fingerprint density at radius 2 is 1.76 bits per heavy atom. The standard InChI is InChI=1S/C30H26N8O2S/c1-17(35-27-23(15-32-29(31)37-27)24-16-41-18(2)36-24)25-12-19-8-7-11-22(20-13-33-30(40-3)34-14-20)26(19)28(39)38(25)21-9-5-4-6-10-21/h4-17H,1-3H3,(H3,31,32,35,37)/t17-/m0/s1. The molecule has 0 spiro atoms. The van der Waals surface area contributed by atoms with Crippen molar-refractivity contribution in [1.82, 2.24) is 29.5 Å². The molecule has 0 aliphatic rings. The van der Waals surface area contributed by atoms with Gasteiger partial charge >= 0.3 is 6.01 Å². The highest BCUT2D eigenvalue weighted by atomic mass is 32.1. The van der Waals surface area contributed by atoms with Gasteiger partial charge in [0, 0.05) is 40.9 Å². The Labute approximate surface area is 239 Å². The topological polar surface area (TPSA) is 134 Å². The molecular formula is C30H26N8O2S. The Balaban J connectivity index is 1.52. The largest absolute Gasteiger partial charge is 0.467 e. The highest BCUT2D eigenvalue weighted by molar-refractivity contribution is 7.09. The summed E-state index contributed by atoms with van der Waals surface area (Å²) < 4.78 is 6.84. The average molecular weight is 563 g/mol. The number of methoxy groups -OCH3 is 1. The van der Waals surface area contributed by atoms with Crippen molar-refractivity contribution in [2.75, 3.05) is 18.2 Å². The van der Waals surface area contributed by atoms with Gasteiger partial charge in [-0.25, -0.2) is 19.9 Å². The van der Waals surface area contributed by atoms with Crippen molar-refractivity contribution in [2.24, 2.45) is 0 Å². The van der Waals surface area contributed by atoms with E-state index in [0.717, 1.165) is 38.6 Å². The normalized spacial score (nSPS) is 11.9. The Morgan fingerprint density at radius 1 is 0.976 bits per heavy atom. The summed E-state index contributed by atoms with van der Waals surface area (Å²) in [6, 6.07) is 17.2. The number of hydrogen-bond acceptors (Lipinski definition) is 10. The summed E-state index contributed by atoms with van der Waals surface area (Å²) in [7, 11) is 1.51. The van der Waals surface area contributed by atoms with Crippen LogP contribution >= 0.6 is 11.3 Å². The quantitative estimate of drug-likeness (QED) is 0.261. The third-order valence-electron chi connectivity index (χ3n) is 6.71. The Kier molecular flexibility index (Phi) is 6.86. The van der Waals surface area contributed by atoms with Crippen LogP contribution in [0.25, 0.3) is 38.8 Å². The van der Waals surface area contributed by atoms with E-state index in [4.69, 9.17) is 10.5 Å². The number of fused-ring (bicyclic) bond motifs is 1. The van der Waals surface area contributed by atoms with Gasteiger partial charge in [0.25, 0.3) is 5.56 Å². The summed E-state index contributed by atoms with van der Waals surface area (Å²) in [5, 5.41) is 7.72. The fourth-order valence-electron chi connectivity index (χ4n) is 4.80. The van der Waals surface area contributed by atoms with Crippen molar-refractivity contribution in [3.8, 4) is 34.1 Å². The molecule has 6 aromatic rings. The molecule has 0 radical (unpaired) electrons. The third-order valence-corrected chi connectivity index (χ3v) is 7.48. The fourth-order valence-corrected chi connectivity index (χ4v) is 5.42. The van der Waals surface area contributed by atoms with Gasteiger partial charge in [0.2, 0.25) is 5.95 Å². The summed E-state index contributed by atoms with van der Waals surface area (Å²) in [6.07, 6.45) is 4.98. The van der Waals surface area contributed by atoms with E-state index in [1.165, 1.54) is 7.11 Å². The number of aromatic nitrogens is 6. The predicted octanol–water partition coefficient (Wildman–Crippen LogP) is 5.43. The van der Waals surface area contributed by atoms with Crippen LogP contribution in [0, 0.1) is 6.92 Å². The van der Waals surface area contributed by atoms with E-state index in [-0.39, 0.29) is 23.6 Å². The summed E-state index contributed by atoms with van der Waals surface area (Å²) in [5.41, 5.74) is 10.2. The van der Waals surface area contributed by atoms with Crippen LogP contribution in [-0.2, 0) is 0 Å². The number of rotatable bonds is 7. The monoisotopic (exact) mass is 562 g/mol. The summed E-state index contributed by atoms with van der Waals surface area (Å²) >= 11 is 1.54. The number of ether oxygens (including phenoxy) is 1. The number of nitrogens with two attached hydrogens (primary N) is 1. The van der Waals surface area contributed by atoms with Crippen LogP contribution in [0.4, 0.5) is 11.8 Å². The molecular weight excluding hydrogens is 536 g/mol. The van der Waals surface area contributed by atoms with Gasteiger partial charge in [0.15, 0.2) is 0 Å². The van der Waals surface area contributed by atoms with Crippen molar-refractivity contribution in [3.63, 3.8) is 0 Å². The molecule has 10 nitrogen and oxygen atoms in total. The predicted molar refractivity (Wildman–Crippen MR) is 161 cm³/mol. The summed E-state index contributed by atoms with van der Waals surface area (Å²) in [6.45, 7) is 3.93. The van der Waals surface area contributed by atoms with E-state index in [1.54, 1.807) is 34.5 Å². The lowest BCUT2D eigenvalue weighted by Crippen LogP contribution is -2.26. The fraction of sp³-hybridized carbons (Fsp3) is 0.133. The molecule has 2 aromatic carbocycles. The van der Waals surface area contributed by atoms with Gasteiger partial charge in [0.1, 0.15) is 5.82 Å². The van der Waals surface area contributed by atoms with E-state index in [0.29, 0.717) is 16.8 Å². The first-order chi connectivity index (χ1) is 19.9. The number of aryl methyl sites for hydroxylation is 1. The Hall–Kier alpha value is -5.16. The first-order valence-corrected chi connectivity index (χ1v) is 13.7. The van der Waals surface area contributed by atoms with Gasteiger partial charge in [-0.3, -0.25) is 9.36 Å². The van der Waals surface area contributed by atoms with E-state index in [1.807, 2.05) is 73.8 Å². The molecule has 0 amide bonds. The molecule has 3 N–H and O–H groups in total. The van der Waals surface area contributed by atoms with Crippen molar-refractivity contribution >= 4 is 33.9 Å². The molecule has 11 heteroatoms. The van der Waals surface area contributed by atoms with E-state index < -0.39 is 0 Å². The molecule has 6 rings (SSSR count). The van der Waals surface area contributed by atoms with Crippen molar-refractivity contribution in [3.05, 3.63) is 99.6 Å². The molecule has 0 saturated carbocycles. The minimum atomic E-state index is -0.354. The van der Waals surface area contributed by atoms with Crippen LogP contribution in [0.3, 0.4) is 0 Å². The molecule has 1 atom stereocenters. The molecule has 41 heavy (non-hydrogen) atoms. The number of hydrogen-bond donors (Lipinski definition) is 2. The first-order valence-electron chi connectivity index (χ1n) is 12.8. The molecule has 0 bridgehead atoms. The third kappa shape index (κ3) is 4.98. The number of pyridine rings is 1. The highest BCUT2D eigenvalue weighted by Gasteiger charge is 2.21. The minimum absolute atomic E-state index is 0.140. The molecule has 0 saturated heterocycles. The van der Waals surface area contributed by atoms with Crippen LogP contribution in [0.1, 0.15) is 23.7 Å². The Morgan fingerprint density at radius 3 is 2.46 bits per heavy atom. The van der Waals surface area contributed by atoms with Crippen LogP contribution in [0.5, 0.6) is 6.01 Å². The van der Waals surface area contributed by atoms with Gasteiger partial charge in [-0.2, -0.15) is 4.98 Å². The van der Waals surface area contributed by atoms with Gasteiger partial charge in [0.05, 0.1) is 34.8 Å². The maximum atomic E-state index is 14.4. The zero-order chi connectivity index (χ0) is 28.5. The maximum absolute atomic E-state index is 14.4. The zero-order valence-electron chi connectivity index (χ0n) is 22.6. The van der Waals surface area contributed by atoms with Gasteiger partial charge in [-0.05, 0) is 43.0 Å². The van der Waals surface area contributed by atoms with Crippen molar-refractivity contribution in [2.45, 2.75) is 19.9 Å². The van der Waals surface area contributed by atoms with Crippen molar-refractivity contribution in [1.29, 1.82) is 0 Å². The van der Waals surface area contributed by atoms with Gasteiger partial charge in [-0.1, -0.05) is 36.4 Å². The second-order valence-electron chi connectivity index (χ2n) is 9.38. The molecule has 0 aliphatic carbocycles. The van der Waals surface area contributed by atoms with Crippen LogP contribution in [0.15, 0.2) is 83.4 Å². The lowest BCUT2D eigenvalue weighted by molar-refractivity contribution is 0.380. The first kappa shape index (κ1) is 26.1. The number of nitrogens with one attached hydrogen (secondary N) is 1. The molecule has 204 valence electrons. The van der Waals surface area contributed by atoms with E-state index >= 15 is 0 Å². The minimum Gasteiger partial charge on any atom is -0.467 e. The van der Waals surface area contributed by atoms with Crippen LogP contribution in [-0.4, -0.2) is 36.6 Å². The van der Waals surface area contributed by atoms with Crippen molar-refractivity contribution < 1.29 is 4.74 Å². The molecule has 0 unspecified atom stereocenters. The smallest absolute Gasteiger partial charge is 0.316 e. The number of benzene rings is 2. The summed E-state index contributed by atoms with van der Waals surface area (Å²) in [5.74, 6) is 0.673. The average Bonchev–Trinajstić information content (AvgIpc) is 3.43.